The van der Waals surface area contributed by atoms with Crippen molar-refractivity contribution in [1.82, 2.24) is 4.72 Å². The summed E-state index contributed by atoms with van der Waals surface area (Å²) in [6, 6.07) is 4.26. The number of rotatable bonds is 6. The van der Waals surface area contributed by atoms with Crippen LogP contribution in [0, 0.1) is 0 Å². The van der Waals surface area contributed by atoms with Crippen molar-refractivity contribution in [2.24, 2.45) is 0 Å². The molecule has 0 aromatic heterocycles. The molecule has 0 aliphatic heterocycles. The number of hydrogen-bond acceptors (Lipinski definition) is 2. The number of alkyl halides is 1. The van der Waals surface area contributed by atoms with Gasteiger partial charge in [-0.25, -0.2) is 13.1 Å². The van der Waals surface area contributed by atoms with Gasteiger partial charge in [-0.2, -0.15) is 0 Å². The standard InChI is InChI=1S/C10H12Cl2INO2S/c11-8-5-9(12)7-10(6-8)17(15,16)14-4-2-1-3-13/h5-7,14H,1-4H2. The first-order valence-corrected chi connectivity index (χ1v) is 8.74. The Morgan fingerprint density at radius 2 is 1.71 bits per heavy atom. The molecule has 0 heterocycles. The molecule has 3 nitrogen and oxygen atoms in total. The van der Waals surface area contributed by atoms with Crippen molar-refractivity contribution >= 4 is 55.8 Å². The molecule has 0 saturated carbocycles. The summed E-state index contributed by atoms with van der Waals surface area (Å²) in [6.45, 7) is 0.426. The number of hydrogen-bond donors (Lipinski definition) is 1. The molecule has 0 amide bonds. The zero-order valence-corrected chi connectivity index (χ0v) is 13.4. The summed E-state index contributed by atoms with van der Waals surface area (Å²) in [4.78, 5) is 0.101. The molecule has 0 fully saturated rings. The molecule has 0 aliphatic rings. The van der Waals surface area contributed by atoms with Crippen LogP contribution in [0.4, 0.5) is 0 Å². The number of halogens is 3. The van der Waals surface area contributed by atoms with Crippen LogP contribution >= 0.6 is 45.8 Å². The van der Waals surface area contributed by atoms with E-state index in [1.54, 1.807) is 0 Å². The van der Waals surface area contributed by atoms with Crippen molar-refractivity contribution in [1.29, 1.82) is 0 Å². The lowest BCUT2D eigenvalue weighted by Gasteiger charge is -2.07. The Hall–Kier alpha value is 0.440. The maximum Gasteiger partial charge on any atom is 0.240 e. The molecule has 0 saturated heterocycles. The number of sulfonamides is 1. The van der Waals surface area contributed by atoms with Crippen LogP contribution in [0.2, 0.25) is 10.0 Å². The molecule has 0 bridgehead atoms. The van der Waals surface area contributed by atoms with Gasteiger partial charge in [-0.3, -0.25) is 0 Å². The predicted molar refractivity (Wildman–Crippen MR) is 79.8 cm³/mol. The van der Waals surface area contributed by atoms with Crippen molar-refractivity contribution in [3.63, 3.8) is 0 Å². The lowest BCUT2D eigenvalue weighted by atomic mass is 10.3. The minimum atomic E-state index is -3.51. The smallest absolute Gasteiger partial charge is 0.211 e. The van der Waals surface area contributed by atoms with Gasteiger partial charge in [0.2, 0.25) is 10.0 Å². The molecule has 0 atom stereocenters. The Kier molecular flexibility index (Phi) is 6.50. The van der Waals surface area contributed by atoms with E-state index in [2.05, 4.69) is 27.3 Å². The molecule has 1 aromatic rings. The summed E-state index contributed by atoms with van der Waals surface area (Å²) in [6.07, 6.45) is 1.80. The first kappa shape index (κ1) is 15.5. The monoisotopic (exact) mass is 407 g/mol. The molecular weight excluding hydrogens is 396 g/mol. The van der Waals surface area contributed by atoms with Gasteiger partial charge in [-0.05, 0) is 35.5 Å². The summed E-state index contributed by atoms with van der Waals surface area (Å²) in [5.74, 6) is 0. The highest BCUT2D eigenvalue weighted by atomic mass is 127. The summed E-state index contributed by atoms with van der Waals surface area (Å²) in [5.41, 5.74) is 0. The van der Waals surface area contributed by atoms with E-state index in [9.17, 15) is 8.42 Å². The van der Waals surface area contributed by atoms with Crippen LogP contribution in [0.3, 0.4) is 0 Å². The van der Waals surface area contributed by atoms with Crippen LogP contribution in [0.5, 0.6) is 0 Å². The summed E-state index contributed by atoms with van der Waals surface area (Å²) < 4.78 is 27.3. The van der Waals surface area contributed by atoms with Crippen LogP contribution in [-0.2, 0) is 10.0 Å². The van der Waals surface area contributed by atoms with Crippen LogP contribution in [0.1, 0.15) is 12.8 Å². The average Bonchev–Trinajstić information content (AvgIpc) is 2.23. The summed E-state index contributed by atoms with van der Waals surface area (Å²) in [7, 11) is -3.51. The molecule has 0 unspecified atom stereocenters. The lowest BCUT2D eigenvalue weighted by molar-refractivity contribution is 0.578. The second-order valence-corrected chi connectivity index (χ2v) is 7.12. The Balaban J connectivity index is 2.75. The molecule has 1 rings (SSSR count). The first-order chi connectivity index (χ1) is 7.95. The molecule has 7 heteroatoms. The van der Waals surface area contributed by atoms with E-state index >= 15 is 0 Å². The van der Waals surface area contributed by atoms with Crippen LogP contribution in [0.15, 0.2) is 23.1 Å². The minimum Gasteiger partial charge on any atom is -0.211 e. The van der Waals surface area contributed by atoms with Gasteiger partial charge in [-0.1, -0.05) is 45.8 Å². The maximum absolute atomic E-state index is 11.9. The van der Waals surface area contributed by atoms with Crippen molar-refractivity contribution < 1.29 is 8.42 Å². The quantitative estimate of drug-likeness (QED) is 0.445. The van der Waals surface area contributed by atoms with Gasteiger partial charge < -0.3 is 0 Å². The first-order valence-electron chi connectivity index (χ1n) is 4.97. The van der Waals surface area contributed by atoms with Gasteiger partial charge in [0, 0.05) is 16.6 Å². The van der Waals surface area contributed by atoms with Crippen molar-refractivity contribution in [3.8, 4) is 0 Å². The van der Waals surface area contributed by atoms with Crippen molar-refractivity contribution in [3.05, 3.63) is 28.2 Å². The van der Waals surface area contributed by atoms with E-state index < -0.39 is 10.0 Å². The van der Waals surface area contributed by atoms with Gasteiger partial charge >= 0.3 is 0 Å². The molecule has 0 radical (unpaired) electrons. The highest BCUT2D eigenvalue weighted by Crippen LogP contribution is 2.22. The molecule has 17 heavy (non-hydrogen) atoms. The van der Waals surface area contributed by atoms with E-state index in [0.717, 1.165) is 17.3 Å². The fourth-order valence-corrected chi connectivity index (χ4v) is 3.53. The van der Waals surface area contributed by atoms with E-state index in [4.69, 9.17) is 23.2 Å². The molecule has 96 valence electrons. The van der Waals surface area contributed by atoms with Crippen LogP contribution < -0.4 is 4.72 Å². The van der Waals surface area contributed by atoms with E-state index in [-0.39, 0.29) is 4.90 Å². The highest BCUT2D eigenvalue weighted by Gasteiger charge is 2.14. The average molecular weight is 408 g/mol. The van der Waals surface area contributed by atoms with Gasteiger partial charge in [0.15, 0.2) is 0 Å². The third kappa shape index (κ3) is 5.30. The molecule has 0 aliphatic carbocycles. The van der Waals surface area contributed by atoms with E-state index in [0.29, 0.717) is 16.6 Å². The molecular formula is C10H12Cl2INO2S. The maximum atomic E-state index is 11.9. The summed E-state index contributed by atoms with van der Waals surface area (Å²) >= 11 is 13.8. The van der Waals surface area contributed by atoms with Gasteiger partial charge in [0.1, 0.15) is 0 Å². The predicted octanol–water partition coefficient (Wildman–Crippen LogP) is 3.49. The second-order valence-electron chi connectivity index (χ2n) is 3.40. The lowest BCUT2D eigenvalue weighted by Crippen LogP contribution is -2.24. The number of benzene rings is 1. The largest absolute Gasteiger partial charge is 0.240 e. The zero-order valence-electron chi connectivity index (χ0n) is 8.92. The van der Waals surface area contributed by atoms with Gasteiger partial charge in [-0.15, -0.1) is 0 Å². The second kappa shape index (κ2) is 7.13. The van der Waals surface area contributed by atoms with Crippen molar-refractivity contribution in [2.45, 2.75) is 17.7 Å². The molecule has 1 aromatic carbocycles. The third-order valence-electron chi connectivity index (χ3n) is 2.00. The fraction of sp³-hybridized carbons (Fsp3) is 0.400. The van der Waals surface area contributed by atoms with Gasteiger partial charge in [0.05, 0.1) is 4.90 Å². The van der Waals surface area contributed by atoms with Crippen molar-refractivity contribution in [2.75, 3.05) is 11.0 Å². The number of nitrogens with one attached hydrogen (secondary N) is 1. The highest BCUT2D eigenvalue weighted by molar-refractivity contribution is 14.1. The Morgan fingerprint density at radius 3 is 2.24 bits per heavy atom. The van der Waals surface area contributed by atoms with Crippen LogP contribution in [0.25, 0.3) is 0 Å². The normalized spacial score (nSPS) is 11.7. The van der Waals surface area contributed by atoms with Gasteiger partial charge in [0.25, 0.3) is 0 Å². The van der Waals surface area contributed by atoms with E-state index in [1.165, 1.54) is 18.2 Å². The molecule has 1 N–H and O–H groups in total. The Morgan fingerprint density at radius 1 is 1.12 bits per heavy atom. The SMILES string of the molecule is O=S(=O)(NCCCCI)c1cc(Cl)cc(Cl)c1. The van der Waals surface area contributed by atoms with Crippen LogP contribution in [-0.4, -0.2) is 19.4 Å². The van der Waals surface area contributed by atoms with E-state index in [1.807, 2.05) is 0 Å². The topological polar surface area (TPSA) is 46.2 Å². The number of unbranched alkanes of at least 4 members (excludes halogenated alkanes) is 1. The Labute approximate surface area is 125 Å². The zero-order chi connectivity index (χ0) is 12.9. The fourth-order valence-electron chi connectivity index (χ4n) is 1.19. The molecule has 0 spiro atoms. The summed E-state index contributed by atoms with van der Waals surface area (Å²) in [5, 5.41) is 0.621. The Bertz CT molecular complexity index is 459. The minimum absolute atomic E-state index is 0.101. The third-order valence-corrected chi connectivity index (χ3v) is 4.64.